The van der Waals surface area contributed by atoms with E-state index >= 15 is 0 Å². The maximum absolute atomic E-state index is 12.0. The lowest BCUT2D eigenvalue weighted by Gasteiger charge is -2.12. The SMILES string of the molecule is FC(F)Oc1cccc(NCC2CCOC2)c1. The minimum absolute atomic E-state index is 0.174. The Morgan fingerprint density at radius 2 is 2.35 bits per heavy atom. The Morgan fingerprint density at radius 1 is 1.47 bits per heavy atom. The van der Waals surface area contributed by atoms with Crippen molar-refractivity contribution in [3.63, 3.8) is 0 Å². The van der Waals surface area contributed by atoms with E-state index in [2.05, 4.69) is 10.1 Å². The van der Waals surface area contributed by atoms with E-state index in [-0.39, 0.29) is 5.75 Å². The second kappa shape index (κ2) is 5.82. The summed E-state index contributed by atoms with van der Waals surface area (Å²) in [6, 6.07) is 6.59. The van der Waals surface area contributed by atoms with Crippen LogP contribution in [-0.2, 0) is 4.74 Å². The van der Waals surface area contributed by atoms with Gasteiger partial charge >= 0.3 is 6.61 Å². The summed E-state index contributed by atoms with van der Waals surface area (Å²) in [6.07, 6.45) is 1.04. The summed E-state index contributed by atoms with van der Waals surface area (Å²) in [4.78, 5) is 0. The maximum atomic E-state index is 12.0. The number of nitrogens with one attached hydrogen (secondary N) is 1. The van der Waals surface area contributed by atoms with Crippen LogP contribution in [0.5, 0.6) is 5.75 Å². The van der Waals surface area contributed by atoms with Crippen molar-refractivity contribution >= 4 is 5.69 Å². The highest BCUT2D eigenvalue weighted by molar-refractivity contribution is 5.48. The van der Waals surface area contributed by atoms with Gasteiger partial charge in [-0.05, 0) is 18.6 Å². The number of hydrogen-bond acceptors (Lipinski definition) is 3. The van der Waals surface area contributed by atoms with Crippen LogP contribution < -0.4 is 10.1 Å². The van der Waals surface area contributed by atoms with Crippen LogP contribution in [0.4, 0.5) is 14.5 Å². The highest BCUT2D eigenvalue weighted by Crippen LogP contribution is 2.20. The molecule has 1 atom stereocenters. The average molecular weight is 243 g/mol. The van der Waals surface area contributed by atoms with Gasteiger partial charge in [0.1, 0.15) is 5.75 Å². The van der Waals surface area contributed by atoms with E-state index in [0.717, 1.165) is 31.9 Å². The number of ether oxygens (including phenoxy) is 2. The van der Waals surface area contributed by atoms with Crippen molar-refractivity contribution in [2.24, 2.45) is 5.92 Å². The van der Waals surface area contributed by atoms with E-state index in [1.165, 1.54) is 6.07 Å². The number of rotatable bonds is 5. The molecule has 3 nitrogen and oxygen atoms in total. The highest BCUT2D eigenvalue weighted by atomic mass is 19.3. The van der Waals surface area contributed by atoms with E-state index in [4.69, 9.17) is 4.74 Å². The van der Waals surface area contributed by atoms with Crippen LogP contribution in [0.15, 0.2) is 24.3 Å². The fourth-order valence-corrected chi connectivity index (χ4v) is 1.79. The summed E-state index contributed by atoms with van der Waals surface area (Å²) in [7, 11) is 0. The Kier molecular flexibility index (Phi) is 4.14. The predicted octanol–water partition coefficient (Wildman–Crippen LogP) is 2.74. The molecule has 1 fully saturated rings. The highest BCUT2D eigenvalue weighted by Gasteiger charge is 2.15. The molecule has 1 N–H and O–H groups in total. The number of benzene rings is 1. The summed E-state index contributed by atoms with van der Waals surface area (Å²) in [5.41, 5.74) is 0.787. The standard InChI is InChI=1S/C12H15F2NO2/c13-12(14)17-11-3-1-2-10(6-11)15-7-9-4-5-16-8-9/h1-3,6,9,12,15H,4-5,7-8H2. The quantitative estimate of drug-likeness (QED) is 0.862. The first kappa shape index (κ1) is 12.1. The molecule has 0 aliphatic carbocycles. The first-order valence-electron chi connectivity index (χ1n) is 5.60. The summed E-state index contributed by atoms with van der Waals surface area (Å²) >= 11 is 0. The minimum atomic E-state index is -2.78. The first-order valence-corrected chi connectivity index (χ1v) is 5.60. The van der Waals surface area contributed by atoms with Crippen molar-refractivity contribution < 1.29 is 18.3 Å². The molecule has 1 unspecified atom stereocenters. The van der Waals surface area contributed by atoms with Gasteiger partial charge in [-0.3, -0.25) is 0 Å². The molecule has 94 valence electrons. The van der Waals surface area contributed by atoms with Crippen LogP contribution >= 0.6 is 0 Å². The molecule has 1 saturated heterocycles. The Morgan fingerprint density at radius 3 is 3.06 bits per heavy atom. The second-order valence-corrected chi connectivity index (χ2v) is 4.02. The lowest BCUT2D eigenvalue weighted by atomic mass is 10.1. The van der Waals surface area contributed by atoms with Gasteiger partial charge in [-0.25, -0.2) is 0 Å². The third kappa shape index (κ3) is 3.85. The van der Waals surface area contributed by atoms with Crippen molar-refractivity contribution in [2.45, 2.75) is 13.0 Å². The molecule has 0 bridgehead atoms. The number of anilines is 1. The van der Waals surface area contributed by atoms with E-state index in [1.54, 1.807) is 12.1 Å². The third-order valence-electron chi connectivity index (χ3n) is 2.68. The van der Waals surface area contributed by atoms with Crippen LogP contribution in [-0.4, -0.2) is 26.4 Å². The molecule has 5 heteroatoms. The number of halogens is 2. The minimum Gasteiger partial charge on any atom is -0.435 e. The fourth-order valence-electron chi connectivity index (χ4n) is 1.79. The van der Waals surface area contributed by atoms with E-state index < -0.39 is 6.61 Å². The lowest BCUT2D eigenvalue weighted by molar-refractivity contribution is -0.0498. The van der Waals surface area contributed by atoms with Crippen LogP contribution in [0, 0.1) is 5.92 Å². The van der Waals surface area contributed by atoms with Crippen molar-refractivity contribution in [3.8, 4) is 5.75 Å². The summed E-state index contributed by atoms with van der Waals surface area (Å²) in [6.45, 7) is -0.423. The first-order chi connectivity index (χ1) is 8.24. The smallest absolute Gasteiger partial charge is 0.387 e. The van der Waals surface area contributed by atoms with Crippen LogP contribution in [0.2, 0.25) is 0 Å². The van der Waals surface area contributed by atoms with Crippen LogP contribution in [0.1, 0.15) is 6.42 Å². The number of hydrogen-bond donors (Lipinski definition) is 1. The normalized spacial score (nSPS) is 19.6. The molecule has 1 aliphatic rings. The zero-order valence-electron chi connectivity index (χ0n) is 9.36. The van der Waals surface area contributed by atoms with Gasteiger partial charge in [0, 0.05) is 30.8 Å². The van der Waals surface area contributed by atoms with Gasteiger partial charge in [0.15, 0.2) is 0 Å². The molecule has 0 amide bonds. The molecular formula is C12H15F2NO2. The Hall–Kier alpha value is -1.36. The largest absolute Gasteiger partial charge is 0.435 e. The summed E-state index contributed by atoms with van der Waals surface area (Å²) < 4.78 is 33.6. The van der Waals surface area contributed by atoms with Crippen molar-refractivity contribution in [2.75, 3.05) is 25.1 Å². The van der Waals surface area contributed by atoms with Gasteiger partial charge < -0.3 is 14.8 Å². The average Bonchev–Trinajstić information content (AvgIpc) is 2.79. The van der Waals surface area contributed by atoms with Crippen molar-refractivity contribution in [3.05, 3.63) is 24.3 Å². The van der Waals surface area contributed by atoms with Gasteiger partial charge in [-0.1, -0.05) is 6.07 Å². The van der Waals surface area contributed by atoms with Crippen molar-refractivity contribution in [1.82, 2.24) is 0 Å². The zero-order chi connectivity index (χ0) is 12.1. The monoisotopic (exact) mass is 243 g/mol. The van der Waals surface area contributed by atoms with Crippen LogP contribution in [0.3, 0.4) is 0 Å². The lowest BCUT2D eigenvalue weighted by Crippen LogP contribution is -2.14. The molecule has 2 rings (SSSR count). The van der Waals surface area contributed by atoms with Crippen LogP contribution in [0.25, 0.3) is 0 Å². The molecule has 17 heavy (non-hydrogen) atoms. The zero-order valence-corrected chi connectivity index (χ0v) is 9.36. The van der Waals surface area contributed by atoms with Gasteiger partial charge in [0.25, 0.3) is 0 Å². The molecule has 1 aliphatic heterocycles. The Labute approximate surface area is 98.7 Å². The summed E-state index contributed by atoms with van der Waals surface area (Å²) in [5, 5.41) is 3.20. The molecule has 0 saturated carbocycles. The van der Waals surface area contributed by atoms with E-state index in [1.807, 2.05) is 6.07 Å². The van der Waals surface area contributed by atoms with Gasteiger partial charge in [-0.2, -0.15) is 8.78 Å². The predicted molar refractivity (Wildman–Crippen MR) is 60.5 cm³/mol. The summed E-state index contributed by atoms with van der Waals surface area (Å²) in [5.74, 6) is 0.669. The fraction of sp³-hybridized carbons (Fsp3) is 0.500. The second-order valence-electron chi connectivity index (χ2n) is 4.02. The molecule has 0 spiro atoms. The molecule has 0 aromatic heterocycles. The van der Waals surface area contributed by atoms with Crippen molar-refractivity contribution in [1.29, 1.82) is 0 Å². The Balaban J connectivity index is 1.86. The van der Waals surface area contributed by atoms with Gasteiger partial charge in [0.2, 0.25) is 0 Å². The third-order valence-corrected chi connectivity index (χ3v) is 2.68. The molecular weight excluding hydrogens is 228 g/mol. The molecule has 0 radical (unpaired) electrons. The molecule has 1 aromatic rings. The molecule has 1 aromatic carbocycles. The van der Waals surface area contributed by atoms with E-state index in [9.17, 15) is 8.78 Å². The molecule has 1 heterocycles. The maximum Gasteiger partial charge on any atom is 0.387 e. The topological polar surface area (TPSA) is 30.5 Å². The number of alkyl halides is 2. The Bertz CT molecular complexity index is 354. The van der Waals surface area contributed by atoms with E-state index in [0.29, 0.717) is 5.92 Å². The van der Waals surface area contributed by atoms with Gasteiger partial charge in [-0.15, -0.1) is 0 Å². The van der Waals surface area contributed by atoms with Gasteiger partial charge in [0.05, 0.1) is 6.61 Å².